The molecule has 25 heavy (non-hydrogen) atoms. The van der Waals surface area contributed by atoms with Crippen LogP contribution >= 0.6 is 0 Å². The first kappa shape index (κ1) is 18.9. The van der Waals surface area contributed by atoms with Crippen molar-refractivity contribution in [3.63, 3.8) is 0 Å². The number of methoxy groups -OCH3 is 2. The molecular formula is C19H26N2O4. The zero-order valence-electron chi connectivity index (χ0n) is 15.3. The summed E-state index contributed by atoms with van der Waals surface area (Å²) in [5, 5.41) is 0. The van der Waals surface area contributed by atoms with Crippen molar-refractivity contribution in [2.75, 3.05) is 27.4 Å². The lowest BCUT2D eigenvalue weighted by atomic mass is 10.1. The van der Waals surface area contributed by atoms with E-state index in [-0.39, 0.29) is 0 Å². The first-order chi connectivity index (χ1) is 12.0. The minimum absolute atomic E-state index is 0.435. The highest BCUT2D eigenvalue weighted by Gasteiger charge is 2.19. The maximum atomic E-state index is 11.8. The predicted octanol–water partition coefficient (Wildman–Crippen LogP) is 3.01. The lowest BCUT2D eigenvalue weighted by Crippen LogP contribution is -2.13. The molecule has 136 valence electrons. The summed E-state index contributed by atoms with van der Waals surface area (Å²) in [6, 6.07) is 7.44. The molecule has 0 aliphatic carbocycles. The number of benzene rings is 1. The summed E-state index contributed by atoms with van der Waals surface area (Å²) in [5.74, 6) is 0.954. The van der Waals surface area contributed by atoms with E-state index >= 15 is 0 Å². The molecule has 0 radical (unpaired) electrons. The molecule has 0 fully saturated rings. The number of hydrogen-bond acceptors (Lipinski definition) is 4. The van der Waals surface area contributed by atoms with E-state index in [0.717, 1.165) is 29.9 Å². The van der Waals surface area contributed by atoms with Gasteiger partial charge in [-0.15, -0.1) is 0 Å². The Kier molecular flexibility index (Phi) is 6.47. The van der Waals surface area contributed by atoms with Crippen molar-refractivity contribution in [3.05, 3.63) is 35.5 Å². The number of carbonyl (C=O) groups is 1. The van der Waals surface area contributed by atoms with E-state index < -0.39 is 5.91 Å². The van der Waals surface area contributed by atoms with Crippen LogP contribution in [-0.4, -0.2) is 37.9 Å². The van der Waals surface area contributed by atoms with Crippen molar-refractivity contribution in [1.29, 1.82) is 0 Å². The van der Waals surface area contributed by atoms with E-state index in [1.54, 1.807) is 14.2 Å². The second kappa shape index (κ2) is 8.58. The Morgan fingerprint density at radius 1 is 1.20 bits per heavy atom. The lowest BCUT2D eigenvalue weighted by Gasteiger charge is -2.15. The van der Waals surface area contributed by atoms with Crippen LogP contribution in [0.3, 0.4) is 0 Å². The van der Waals surface area contributed by atoms with Crippen LogP contribution in [0.15, 0.2) is 24.3 Å². The third kappa shape index (κ3) is 4.14. The van der Waals surface area contributed by atoms with Crippen LogP contribution in [0.5, 0.6) is 11.5 Å². The predicted molar refractivity (Wildman–Crippen MR) is 97.3 cm³/mol. The Bertz CT molecular complexity index is 737. The molecule has 0 atom stereocenters. The summed E-state index contributed by atoms with van der Waals surface area (Å²) in [5.41, 5.74) is 8.68. The third-order valence-electron chi connectivity index (χ3n) is 4.19. The summed E-state index contributed by atoms with van der Waals surface area (Å²) in [6.45, 7) is 5.96. The normalized spacial score (nSPS) is 10.7. The molecule has 0 aliphatic rings. The Labute approximate surface area is 148 Å². The minimum Gasteiger partial charge on any atom is -0.497 e. The molecular weight excluding hydrogens is 320 g/mol. The third-order valence-corrected chi connectivity index (χ3v) is 4.19. The second-order valence-electron chi connectivity index (χ2n) is 5.66. The van der Waals surface area contributed by atoms with E-state index in [2.05, 4.69) is 4.57 Å². The number of aromatic nitrogens is 1. The minimum atomic E-state index is -0.435. The van der Waals surface area contributed by atoms with Gasteiger partial charge in [-0.3, -0.25) is 4.79 Å². The van der Waals surface area contributed by atoms with Crippen molar-refractivity contribution in [1.82, 2.24) is 4.57 Å². The molecule has 1 aromatic heterocycles. The first-order valence-corrected chi connectivity index (χ1v) is 8.33. The summed E-state index contributed by atoms with van der Waals surface area (Å²) in [7, 11) is 3.22. The highest BCUT2D eigenvalue weighted by molar-refractivity contribution is 5.96. The van der Waals surface area contributed by atoms with Crippen molar-refractivity contribution in [3.8, 4) is 22.8 Å². The van der Waals surface area contributed by atoms with Crippen LogP contribution < -0.4 is 15.2 Å². The van der Waals surface area contributed by atoms with Crippen LogP contribution in [0.4, 0.5) is 0 Å². The van der Waals surface area contributed by atoms with E-state index in [1.807, 2.05) is 38.1 Å². The number of hydrogen-bond donors (Lipinski definition) is 1. The van der Waals surface area contributed by atoms with Crippen molar-refractivity contribution in [2.45, 2.75) is 26.8 Å². The molecule has 1 aromatic carbocycles. The zero-order chi connectivity index (χ0) is 18.4. The largest absolute Gasteiger partial charge is 0.497 e. The molecule has 2 rings (SSSR count). The van der Waals surface area contributed by atoms with Gasteiger partial charge in [-0.2, -0.15) is 0 Å². The van der Waals surface area contributed by atoms with Crippen LogP contribution in [0.1, 0.15) is 29.4 Å². The Morgan fingerprint density at radius 3 is 2.56 bits per heavy atom. The Morgan fingerprint density at radius 2 is 1.96 bits per heavy atom. The molecule has 0 aliphatic heterocycles. The fourth-order valence-corrected chi connectivity index (χ4v) is 2.89. The van der Waals surface area contributed by atoms with Gasteiger partial charge in [0.05, 0.1) is 25.5 Å². The Hall–Kier alpha value is -2.47. The highest BCUT2D eigenvalue weighted by atomic mass is 16.5. The maximum Gasteiger partial charge on any atom is 0.250 e. The van der Waals surface area contributed by atoms with E-state index in [0.29, 0.717) is 30.3 Å². The van der Waals surface area contributed by atoms with Gasteiger partial charge in [0.25, 0.3) is 5.91 Å². The summed E-state index contributed by atoms with van der Waals surface area (Å²) < 4.78 is 18.3. The summed E-state index contributed by atoms with van der Waals surface area (Å²) in [4.78, 5) is 11.8. The molecule has 0 saturated carbocycles. The van der Waals surface area contributed by atoms with Crippen LogP contribution in [0.25, 0.3) is 11.3 Å². The molecule has 0 spiro atoms. The molecule has 1 heterocycles. The van der Waals surface area contributed by atoms with Crippen LogP contribution in [-0.2, 0) is 11.3 Å². The highest BCUT2D eigenvalue weighted by Crippen LogP contribution is 2.35. The Balaban J connectivity index is 2.48. The van der Waals surface area contributed by atoms with Gasteiger partial charge in [-0.05, 0) is 38.5 Å². The van der Waals surface area contributed by atoms with Gasteiger partial charge < -0.3 is 24.5 Å². The molecule has 6 nitrogen and oxygen atoms in total. The molecule has 2 aromatic rings. The lowest BCUT2D eigenvalue weighted by molar-refractivity contribution is 0.0999. The SMILES string of the molecule is CCOCCCn1c(-c2ccc(OC)cc2OC)cc(C(N)=O)c1C. The van der Waals surface area contributed by atoms with Crippen molar-refractivity contribution < 1.29 is 19.0 Å². The van der Waals surface area contributed by atoms with Crippen LogP contribution in [0, 0.1) is 6.92 Å². The molecule has 0 unspecified atom stereocenters. The smallest absolute Gasteiger partial charge is 0.250 e. The van der Waals surface area contributed by atoms with Gasteiger partial charge >= 0.3 is 0 Å². The number of amides is 1. The number of primary amides is 1. The van der Waals surface area contributed by atoms with Crippen molar-refractivity contribution in [2.24, 2.45) is 5.73 Å². The van der Waals surface area contributed by atoms with Gasteiger partial charge in [0.15, 0.2) is 0 Å². The summed E-state index contributed by atoms with van der Waals surface area (Å²) in [6.07, 6.45) is 0.840. The number of carbonyl (C=O) groups excluding carboxylic acids is 1. The van der Waals surface area contributed by atoms with Crippen molar-refractivity contribution >= 4 is 5.91 Å². The molecule has 0 saturated heterocycles. The zero-order valence-corrected chi connectivity index (χ0v) is 15.3. The number of nitrogens with two attached hydrogens (primary N) is 1. The van der Waals surface area contributed by atoms with E-state index in [9.17, 15) is 4.79 Å². The average molecular weight is 346 g/mol. The second-order valence-corrected chi connectivity index (χ2v) is 5.66. The molecule has 6 heteroatoms. The number of ether oxygens (including phenoxy) is 3. The number of rotatable bonds is 9. The molecule has 1 amide bonds. The molecule has 0 bridgehead atoms. The monoisotopic (exact) mass is 346 g/mol. The summed E-state index contributed by atoms with van der Waals surface area (Å²) >= 11 is 0. The fourth-order valence-electron chi connectivity index (χ4n) is 2.89. The van der Waals surface area contributed by atoms with Gasteiger partial charge in [0, 0.05) is 37.1 Å². The van der Waals surface area contributed by atoms with Gasteiger partial charge in [-0.25, -0.2) is 0 Å². The van der Waals surface area contributed by atoms with Gasteiger partial charge in [0.1, 0.15) is 11.5 Å². The topological polar surface area (TPSA) is 75.7 Å². The van der Waals surface area contributed by atoms with Gasteiger partial charge in [-0.1, -0.05) is 0 Å². The standard InChI is InChI=1S/C19H26N2O4/c1-5-25-10-6-9-21-13(2)16(19(20)22)12-17(21)15-8-7-14(23-3)11-18(15)24-4/h7-8,11-12H,5-6,9-10H2,1-4H3,(H2,20,22). The first-order valence-electron chi connectivity index (χ1n) is 8.33. The van der Waals surface area contributed by atoms with E-state index in [1.165, 1.54) is 0 Å². The quantitative estimate of drug-likeness (QED) is 0.708. The van der Waals surface area contributed by atoms with Gasteiger partial charge in [0.2, 0.25) is 0 Å². The fraction of sp³-hybridized carbons (Fsp3) is 0.421. The maximum absolute atomic E-state index is 11.8. The van der Waals surface area contributed by atoms with Crippen LogP contribution in [0.2, 0.25) is 0 Å². The average Bonchev–Trinajstić information content (AvgIpc) is 2.94. The number of nitrogens with zero attached hydrogens (tertiary/aromatic N) is 1. The van der Waals surface area contributed by atoms with E-state index in [4.69, 9.17) is 19.9 Å². The molecule has 2 N–H and O–H groups in total.